The van der Waals surface area contributed by atoms with Crippen molar-refractivity contribution in [3.63, 3.8) is 0 Å². The van der Waals surface area contributed by atoms with E-state index in [4.69, 9.17) is 0 Å². The summed E-state index contributed by atoms with van der Waals surface area (Å²) in [5.74, 6) is -3.88. The third kappa shape index (κ3) is 5.94. The van der Waals surface area contributed by atoms with Crippen molar-refractivity contribution in [3.05, 3.63) is 59.2 Å². The number of carbonyl (C=O) groups excluding carboxylic acids is 2. The number of amides is 2. The van der Waals surface area contributed by atoms with Crippen molar-refractivity contribution in [2.75, 3.05) is 18.4 Å². The smallest absolute Gasteiger partial charge is 0.313 e. The van der Waals surface area contributed by atoms with Gasteiger partial charge in [-0.25, -0.2) is 17.2 Å². The molecule has 1 fully saturated rings. The summed E-state index contributed by atoms with van der Waals surface area (Å²) in [5, 5.41) is 4.54. The third-order valence-electron chi connectivity index (χ3n) is 5.65. The fourth-order valence-corrected chi connectivity index (χ4v) is 5.93. The second kappa shape index (κ2) is 10.4. The Kier molecular flexibility index (Phi) is 7.80. The van der Waals surface area contributed by atoms with Crippen LogP contribution in [0.15, 0.2) is 41.3 Å². The molecule has 3 rings (SSSR count). The van der Waals surface area contributed by atoms with Gasteiger partial charge < -0.3 is 10.6 Å². The Hall–Kier alpha value is -2.85. The Bertz CT molecular complexity index is 1150. The molecule has 2 N–H and O–H groups in total. The number of anilines is 1. The second-order valence-corrected chi connectivity index (χ2v) is 10.0. The number of carbonyl (C=O) groups is 2. The molecule has 0 aliphatic carbocycles. The van der Waals surface area contributed by atoms with Crippen LogP contribution in [-0.2, 0) is 19.6 Å². The van der Waals surface area contributed by atoms with Crippen LogP contribution in [0.2, 0.25) is 0 Å². The summed E-state index contributed by atoms with van der Waals surface area (Å²) in [6.07, 6.45) is 2.58. The maximum Gasteiger partial charge on any atom is 0.313 e. The zero-order valence-electron chi connectivity index (χ0n) is 18.5. The van der Waals surface area contributed by atoms with Gasteiger partial charge in [-0.05, 0) is 62.4 Å². The number of halogens is 2. The van der Waals surface area contributed by atoms with Crippen LogP contribution in [0, 0.1) is 25.5 Å². The summed E-state index contributed by atoms with van der Waals surface area (Å²) in [6.45, 7) is 4.05. The van der Waals surface area contributed by atoms with Crippen molar-refractivity contribution in [3.8, 4) is 0 Å². The fourth-order valence-electron chi connectivity index (χ4n) is 3.89. The zero-order valence-corrected chi connectivity index (χ0v) is 19.3. The molecular weight excluding hydrogens is 452 g/mol. The van der Waals surface area contributed by atoms with E-state index >= 15 is 0 Å². The minimum absolute atomic E-state index is 0.0711. The van der Waals surface area contributed by atoms with Crippen LogP contribution in [-0.4, -0.2) is 43.7 Å². The number of nitrogens with zero attached hydrogens (tertiary/aromatic N) is 1. The molecular formula is C23H27F2N3O4S. The first-order valence-electron chi connectivity index (χ1n) is 10.7. The molecule has 0 radical (unpaired) electrons. The van der Waals surface area contributed by atoms with Crippen molar-refractivity contribution in [2.24, 2.45) is 0 Å². The first-order chi connectivity index (χ1) is 15.6. The van der Waals surface area contributed by atoms with Gasteiger partial charge in [0.2, 0.25) is 10.0 Å². The number of hydrogen-bond donors (Lipinski definition) is 2. The van der Waals surface area contributed by atoms with Gasteiger partial charge in [0.1, 0.15) is 11.6 Å². The maximum absolute atomic E-state index is 13.7. The molecule has 1 heterocycles. The third-order valence-corrected chi connectivity index (χ3v) is 7.75. The minimum atomic E-state index is -3.71. The summed E-state index contributed by atoms with van der Waals surface area (Å²) < 4.78 is 54.8. The van der Waals surface area contributed by atoms with Gasteiger partial charge in [-0.15, -0.1) is 0 Å². The maximum atomic E-state index is 13.7. The minimum Gasteiger partial charge on any atom is -0.348 e. The summed E-state index contributed by atoms with van der Waals surface area (Å²) in [6, 6.07) is 7.57. The lowest BCUT2D eigenvalue weighted by atomic mass is 10.0. The van der Waals surface area contributed by atoms with Crippen LogP contribution in [0.4, 0.5) is 14.5 Å². The second-order valence-electron chi connectivity index (χ2n) is 8.16. The molecule has 0 saturated carbocycles. The first kappa shape index (κ1) is 24.8. The fraction of sp³-hybridized carbons (Fsp3) is 0.391. The number of nitrogens with one attached hydrogen (secondary N) is 2. The molecule has 10 heteroatoms. The SMILES string of the molecule is Cc1ccc(C)c(S(=O)(=O)N2CCCC[C@@H]2CCNC(=O)C(=O)Nc2ccc(F)cc2F)c1. The van der Waals surface area contributed by atoms with Crippen LogP contribution in [0.1, 0.15) is 36.8 Å². The molecule has 7 nitrogen and oxygen atoms in total. The molecule has 2 aromatic rings. The number of piperidine rings is 1. The average Bonchev–Trinajstić information content (AvgIpc) is 2.77. The molecule has 0 bridgehead atoms. The predicted octanol–water partition coefficient (Wildman–Crippen LogP) is 3.27. The highest BCUT2D eigenvalue weighted by Gasteiger charge is 2.34. The molecule has 33 heavy (non-hydrogen) atoms. The lowest BCUT2D eigenvalue weighted by Crippen LogP contribution is -2.46. The van der Waals surface area contributed by atoms with Gasteiger partial charge in [-0.1, -0.05) is 18.6 Å². The number of aryl methyl sites for hydroxylation is 2. The summed E-state index contributed by atoms with van der Waals surface area (Å²) in [5.41, 5.74) is 1.21. The van der Waals surface area contributed by atoms with Crippen molar-refractivity contribution in [2.45, 2.75) is 50.5 Å². The molecule has 1 saturated heterocycles. The van der Waals surface area contributed by atoms with Crippen molar-refractivity contribution >= 4 is 27.5 Å². The van der Waals surface area contributed by atoms with Gasteiger partial charge in [-0.2, -0.15) is 4.31 Å². The first-order valence-corrected chi connectivity index (χ1v) is 12.2. The molecule has 1 aliphatic rings. The van der Waals surface area contributed by atoms with E-state index in [1.54, 1.807) is 19.1 Å². The molecule has 1 atom stereocenters. The van der Waals surface area contributed by atoms with Gasteiger partial charge in [0, 0.05) is 25.2 Å². The zero-order chi connectivity index (χ0) is 24.2. The van der Waals surface area contributed by atoms with Gasteiger partial charge in [0.05, 0.1) is 10.6 Å². The van der Waals surface area contributed by atoms with Crippen LogP contribution in [0.25, 0.3) is 0 Å². The van der Waals surface area contributed by atoms with Crippen LogP contribution < -0.4 is 10.6 Å². The molecule has 178 valence electrons. The van der Waals surface area contributed by atoms with Crippen molar-refractivity contribution in [1.29, 1.82) is 0 Å². The van der Waals surface area contributed by atoms with E-state index in [1.807, 2.05) is 13.0 Å². The Morgan fingerprint density at radius 1 is 1.06 bits per heavy atom. The van der Waals surface area contributed by atoms with E-state index < -0.39 is 33.5 Å². The standard InChI is InChI=1S/C23H27F2N3O4S/c1-15-6-7-16(2)21(13-15)33(31,32)28-12-4-3-5-18(28)10-11-26-22(29)23(30)27-20-9-8-17(24)14-19(20)25/h6-9,13-14,18H,3-5,10-12H2,1-2H3,(H,26,29)(H,27,30)/t18-/m1/s1. The molecule has 0 unspecified atom stereocenters. The van der Waals surface area contributed by atoms with Gasteiger partial charge in [0.15, 0.2) is 0 Å². The quantitative estimate of drug-likeness (QED) is 0.622. The van der Waals surface area contributed by atoms with Crippen molar-refractivity contribution in [1.82, 2.24) is 9.62 Å². The van der Waals surface area contributed by atoms with Gasteiger partial charge in [-0.3, -0.25) is 9.59 Å². The van der Waals surface area contributed by atoms with E-state index in [9.17, 15) is 26.8 Å². The molecule has 0 spiro atoms. The Labute approximate surface area is 192 Å². The lowest BCUT2D eigenvalue weighted by Gasteiger charge is -2.35. The summed E-state index contributed by atoms with van der Waals surface area (Å²) >= 11 is 0. The predicted molar refractivity (Wildman–Crippen MR) is 120 cm³/mol. The number of rotatable bonds is 6. The number of hydrogen-bond acceptors (Lipinski definition) is 4. The number of sulfonamides is 1. The van der Waals surface area contributed by atoms with E-state index in [2.05, 4.69) is 10.6 Å². The highest BCUT2D eigenvalue weighted by atomic mass is 32.2. The van der Waals surface area contributed by atoms with Crippen LogP contribution in [0.5, 0.6) is 0 Å². The summed E-state index contributed by atoms with van der Waals surface area (Å²) in [4.78, 5) is 24.4. The molecule has 1 aliphatic heterocycles. The van der Waals surface area contributed by atoms with Crippen molar-refractivity contribution < 1.29 is 26.8 Å². The Morgan fingerprint density at radius 3 is 2.55 bits per heavy atom. The largest absolute Gasteiger partial charge is 0.348 e. The highest BCUT2D eigenvalue weighted by Crippen LogP contribution is 2.29. The molecule has 2 amide bonds. The van der Waals surface area contributed by atoms with Gasteiger partial charge in [0.25, 0.3) is 0 Å². The van der Waals surface area contributed by atoms with Crippen LogP contribution >= 0.6 is 0 Å². The molecule has 0 aromatic heterocycles. The van der Waals surface area contributed by atoms with E-state index in [0.29, 0.717) is 31.0 Å². The summed E-state index contributed by atoms with van der Waals surface area (Å²) in [7, 11) is -3.71. The Morgan fingerprint density at radius 2 is 1.82 bits per heavy atom. The lowest BCUT2D eigenvalue weighted by molar-refractivity contribution is -0.136. The van der Waals surface area contributed by atoms with E-state index in [0.717, 1.165) is 30.5 Å². The monoisotopic (exact) mass is 479 g/mol. The number of benzene rings is 2. The van der Waals surface area contributed by atoms with E-state index in [-0.39, 0.29) is 23.2 Å². The van der Waals surface area contributed by atoms with Crippen LogP contribution in [0.3, 0.4) is 0 Å². The molecule has 2 aromatic carbocycles. The van der Waals surface area contributed by atoms with E-state index in [1.165, 1.54) is 4.31 Å². The average molecular weight is 480 g/mol. The topological polar surface area (TPSA) is 95.6 Å². The highest BCUT2D eigenvalue weighted by molar-refractivity contribution is 7.89. The van der Waals surface area contributed by atoms with Gasteiger partial charge >= 0.3 is 11.8 Å². The normalized spacial score (nSPS) is 16.9. The Balaban J connectivity index is 1.61.